The number of hydrogen-bond donors (Lipinski definition) is 0. The van der Waals surface area contributed by atoms with Gasteiger partial charge < -0.3 is 8.85 Å². The first-order chi connectivity index (χ1) is 3.72. The Bertz CT molecular complexity index is 56.0. The molecule has 0 saturated heterocycles. The van der Waals surface area contributed by atoms with Crippen LogP contribution in [0.2, 0.25) is 0 Å². The molecule has 0 N–H and O–H groups in total. The number of rotatable bonds is 3. The molecule has 50 valence electrons. The molecule has 0 aromatic rings. The maximum atomic E-state index is 5.03. The predicted molar refractivity (Wildman–Crippen MR) is 39.6 cm³/mol. The molecule has 0 saturated carbocycles. The van der Waals surface area contributed by atoms with E-state index in [4.69, 9.17) is 8.85 Å². The van der Waals surface area contributed by atoms with E-state index in [1.807, 2.05) is 6.92 Å². The Morgan fingerprint density at radius 1 is 1.38 bits per heavy atom. The van der Waals surface area contributed by atoms with E-state index in [1.54, 1.807) is 14.2 Å². The molecule has 8 heavy (non-hydrogen) atoms. The maximum Gasteiger partial charge on any atom is 0.334 e. The summed E-state index contributed by atoms with van der Waals surface area (Å²) in [5, 5.41) is 0. The summed E-state index contributed by atoms with van der Waals surface area (Å²) in [5.41, 5.74) is 0. The zero-order chi connectivity index (χ0) is 6.57. The molecule has 0 aliphatic rings. The molecule has 0 aromatic carbocycles. The zero-order valence-electron chi connectivity index (χ0n) is 5.35. The van der Waals surface area contributed by atoms with Gasteiger partial charge in [0.25, 0.3) is 0 Å². The van der Waals surface area contributed by atoms with Crippen molar-refractivity contribution >= 4 is 25.2 Å². The van der Waals surface area contributed by atoms with Gasteiger partial charge >= 0.3 is 9.28 Å². The summed E-state index contributed by atoms with van der Waals surface area (Å²) in [7, 11) is 2.01. The summed E-state index contributed by atoms with van der Waals surface area (Å²) in [5.74, 6) is 0. The van der Waals surface area contributed by atoms with E-state index in [-0.39, 0.29) is 0 Å². The van der Waals surface area contributed by atoms with Crippen molar-refractivity contribution in [2.24, 2.45) is 0 Å². The second-order valence-electron chi connectivity index (χ2n) is 1.52. The third-order valence-corrected chi connectivity index (χ3v) is 3.81. The number of alkyl halides is 1. The Labute approximate surface area is 60.2 Å². The Balaban J connectivity index is 3.35. The lowest BCUT2D eigenvalue weighted by molar-refractivity contribution is 0.278. The van der Waals surface area contributed by atoms with Gasteiger partial charge in [0.05, 0.1) is 4.45 Å². The van der Waals surface area contributed by atoms with Crippen molar-refractivity contribution in [3.63, 3.8) is 0 Å². The first-order valence-electron chi connectivity index (χ1n) is 2.42. The van der Waals surface area contributed by atoms with Gasteiger partial charge in [0.15, 0.2) is 0 Å². The van der Waals surface area contributed by atoms with E-state index < -0.39 is 9.28 Å². The summed E-state index contributed by atoms with van der Waals surface area (Å²) in [4.78, 5) is 0. The summed E-state index contributed by atoms with van der Waals surface area (Å²) in [6.07, 6.45) is 0. The van der Waals surface area contributed by atoms with Gasteiger partial charge in [0.2, 0.25) is 0 Å². The minimum absolute atomic E-state index is 0.387. The second kappa shape index (κ2) is 4.49. The van der Waals surface area contributed by atoms with Crippen LogP contribution in [0.1, 0.15) is 6.92 Å². The van der Waals surface area contributed by atoms with Gasteiger partial charge in [-0.15, -0.1) is 0 Å². The van der Waals surface area contributed by atoms with Crippen molar-refractivity contribution in [1.82, 2.24) is 0 Å². The fourth-order valence-electron chi connectivity index (χ4n) is 0.471. The highest BCUT2D eigenvalue weighted by Crippen LogP contribution is 2.03. The summed E-state index contributed by atoms with van der Waals surface area (Å²) in [6, 6.07) is 0. The van der Waals surface area contributed by atoms with Crippen molar-refractivity contribution < 1.29 is 8.85 Å². The van der Waals surface area contributed by atoms with E-state index in [1.165, 1.54) is 0 Å². The molecular weight excluding hydrogens is 188 g/mol. The van der Waals surface area contributed by atoms with Crippen LogP contribution in [0.15, 0.2) is 0 Å². The Morgan fingerprint density at radius 3 is 1.75 bits per heavy atom. The molecule has 1 unspecified atom stereocenters. The van der Waals surface area contributed by atoms with Crippen molar-refractivity contribution in [2.45, 2.75) is 11.4 Å². The lowest BCUT2D eigenvalue weighted by Crippen LogP contribution is -2.28. The van der Waals surface area contributed by atoms with Crippen LogP contribution in [0.25, 0.3) is 0 Å². The molecule has 0 fully saturated rings. The topological polar surface area (TPSA) is 18.5 Å². The van der Waals surface area contributed by atoms with Crippen LogP contribution in [-0.4, -0.2) is 28.0 Å². The summed E-state index contributed by atoms with van der Waals surface area (Å²) < 4.78 is 10.4. The van der Waals surface area contributed by atoms with Gasteiger partial charge in [-0.3, -0.25) is 0 Å². The fourth-order valence-corrected chi connectivity index (χ4v) is 2.71. The maximum absolute atomic E-state index is 5.03. The largest absolute Gasteiger partial charge is 0.399 e. The number of halogens is 1. The van der Waals surface area contributed by atoms with Crippen molar-refractivity contribution in [2.75, 3.05) is 14.2 Å². The molecule has 0 aliphatic heterocycles. The minimum Gasteiger partial charge on any atom is -0.399 e. The Hall–Kier alpha value is 0.617. The van der Waals surface area contributed by atoms with Crippen LogP contribution in [0.4, 0.5) is 0 Å². The average Bonchev–Trinajstić information content (AvgIpc) is 1.69. The van der Waals surface area contributed by atoms with E-state index in [0.717, 1.165) is 0 Å². The van der Waals surface area contributed by atoms with Gasteiger partial charge in [0, 0.05) is 14.2 Å². The van der Waals surface area contributed by atoms with Crippen molar-refractivity contribution in [3.05, 3.63) is 0 Å². The zero-order valence-corrected chi connectivity index (χ0v) is 8.09. The summed E-state index contributed by atoms with van der Waals surface area (Å²) in [6.45, 7) is 2.03. The van der Waals surface area contributed by atoms with Gasteiger partial charge in [0.1, 0.15) is 0 Å². The van der Waals surface area contributed by atoms with Crippen LogP contribution in [0.5, 0.6) is 0 Å². The second-order valence-corrected chi connectivity index (χ2v) is 6.62. The molecule has 0 bridgehead atoms. The normalized spacial score (nSPS) is 14.6. The molecule has 0 heterocycles. The molecule has 0 radical (unpaired) electrons. The number of hydrogen-bond acceptors (Lipinski definition) is 2. The van der Waals surface area contributed by atoms with Crippen LogP contribution < -0.4 is 0 Å². The first kappa shape index (κ1) is 8.62. The third kappa shape index (κ3) is 2.81. The lowest BCUT2D eigenvalue weighted by Gasteiger charge is -2.11. The highest BCUT2D eigenvalue weighted by atomic mass is 79.9. The highest BCUT2D eigenvalue weighted by molar-refractivity contribution is 9.10. The molecule has 0 rings (SSSR count). The molecule has 2 nitrogen and oxygen atoms in total. The van der Waals surface area contributed by atoms with Gasteiger partial charge in [-0.05, 0) is 0 Å². The minimum atomic E-state index is -1.35. The predicted octanol–water partition coefficient (Wildman–Crippen LogP) is 0.822. The average molecular weight is 199 g/mol. The Morgan fingerprint density at radius 2 is 1.75 bits per heavy atom. The molecule has 0 aliphatic carbocycles. The van der Waals surface area contributed by atoms with Crippen molar-refractivity contribution in [3.8, 4) is 0 Å². The van der Waals surface area contributed by atoms with Gasteiger partial charge in [-0.1, -0.05) is 22.9 Å². The van der Waals surface area contributed by atoms with Crippen LogP contribution >= 0.6 is 15.9 Å². The SMILES string of the molecule is CO[SiH](OC)C(C)Br. The van der Waals surface area contributed by atoms with Crippen LogP contribution in [0, 0.1) is 0 Å². The summed E-state index contributed by atoms with van der Waals surface area (Å²) >= 11 is 3.37. The van der Waals surface area contributed by atoms with Gasteiger partial charge in [-0.2, -0.15) is 0 Å². The lowest BCUT2D eigenvalue weighted by atomic mass is 11.0. The molecule has 1 atom stereocenters. The van der Waals surface area contributed by atoms with E-state index in [2.05, 4.69) is 15.9 Å². The molecule has 0 amide bonds. The fraction of sp³-hybridized carbons (Fsp3) is 1.00. The molecule has 0 spiro atoms. The van der Waals surface area contributed by atoms with E-state index in [9.17, 15) is 0 Å². The van der Waals surface area contributed by atoms with Crippen molar-refractivity contribution in [1.29, 1.82) is 0 Å². The molecule has 4 heteroatoms. The monoisotopic (exact) mass is 198 g/mol. The van der Waals surface area contributed by atoms with Crippen LogP contribution in [0.3, 0.4) is 0 Å². The smallest absolute Gasteiger partial charge is 0.334 e. The Kier molecular flexibility index (Phi) is 4.84. The highest BCUT2D eigenvalue weighted by Gasteiger charge is 2.15. The molecule has 0 aromatic heterocycles. The quantitative estimate of drug-likeness (QED) is 0.495. The van der Waals surface area contributed by atoms with E-state index in [0.29, 0.717) is 4.45 Å². The van der Waals surface area contributed by atoms with Gasteiger partial charge in [-0.25, -0.2) is 0 Å². The standard InChI is InChI=1S/C4H11BrO2Si/c1-4(5)8(6-2)7-3/h4,8H,1-3H3. The first-order valence-corrected chi connectivity index (χ1v) is 4.94. The van der Waals surface area contributed by atoms with E-state index >= 15 is 0 Å². The molecular formula is C4H11BrO2Si. The van der Waals surface area contributed by atoms with Crippen LogP contribution in [-0.2, 0) is 8.85 Å². The third-order valence-electron chi connectivity index (χ3n) is 0.840.